The van der Waals surface area contributed by atoms with Gasteiger partial charge in [-0.2, -0.15) is 0 Å². The molecule has 0 aromatic carbocycles. The van der Waals surface area contributed by atoms with Crippen molar-refractivity contribution in [1.82, 2.24) is 25.6 Å². The zero-order valence-corrected chi connectivity index (χ0v) is 25.8. The van der Waals surface area contributed by atoms with E-state index in [0.717, 1.165) is 38.5 Å². The summed E-state index contributed by atoms with van der Waals surface area (Å²) in [6.45, 7) is 5.96. The lowest BCUT2D eigenvalue weighted by Crippen LogP contribution is -2.57. The second-order valence-corrected chi connectivity index (χ2v) is 14.6. The smallest absolute Gasteiger partial charge is 0.407 e. The van der Waals surface area contributed by atoms with Crippen molar-refractivity contribution in [3.05, 3.63) is 12.7 Å². The molecule has 2 aliphatic carbocycles. The SMILES string of the molecule is C=C[C@@H]1C[C@]1(NC(=O)[C@@H]1C[C@@H](C)CN1C(=O)CNC(=O)OCCCCCC1CCCC(CO)N1)C(=O)NS(=O)(=O)C1CC1. The van der Waals surface area contributed by atoms with E-state index in [-0.39, 0.29) is 38.1 Å². The number of alkyl carbamates (subject to hydrolysis) is 1. The third-order valence-corrected chi connectivity index (χ3v) is 10.8. The molecule has 4 rings (SSSR count). The van der Waals surface area contributed by atoms with E-state index in [0.29, 0.717) is 38.3 Å². The number of nitrogens with zero attached hydrogens (tertiary/aromatic N) is 1. The summed E-state index contributed by atoms with van der Waals surface area (Å²) in [4.78, 5) is 52.9. The Labute approximate surface area is 254 Å². The van der Waals surface area contributed by atoms with Gasteiger partial charge in [0, 0.05) is 24.5 Å². The Hall–Kier alpha value is -2.71. The van der Waals surface area contributed by atoms with Gasteiger partial charge in [-0.1, -0.05) is 32.3 Å². The maximum absolute atomic E-state index is 13.3. The summed E-state index contributed by atoms with van der Waals surface area (Å²) >= 11 is 0. The van der Waals surface area contributed by atoms with Crippen LogP contribution in [0.3, 0.4) is 0 Å². The number of nitrogens with one attached hydrogen (secondary N) is 4. The van der Waals surface area contributed by atoms with Gasteiger partial charge in [-0.25, -0.2) is 13.2 Å². The Morgan fingerprint density at radius 1 is 1.12 bits per heavy atom. The molecule has 2 aliphatic heterocycles. The molecule has 2 saturated heterocycles. The van der Waals surface area contributed by atoms with E-state index < -0.39 is 56.6 Å². The number of ether oxygens (including phenoxy) is 1. The van der Waals surface area contributed by atoms with Crippen LogP contribution < -0.4 is 20.7 Å². The molecule has 13 nitrogen and oxygen atoms in total. The van der Waals surface area contributed by atoms with E-state index in [1.807, 2.05) is 6.92 Å². The van der Waals surface area contributed by atoms with E-state index in [4.69, 9.17) is 4.74 Å². The Kier molecular flexibility index (Phi) is 11.1. The molecule has 4 aliphatic rings. The van der Waals surface area contributed by atoms with Crippen LogP contribution in [-0.4, -0.2) is 97.5 Å². The van der Waals surface area contributed by atoms with E-state index in [2.05, 4.69) is 27.3 Å². The van der Waals surface area contributed by atoms with Gasteiger partial charge in [0.2, 0.25) is 21.8 Å². The van der Waals surface area contributed by atoms with E-state index in [1.54, 1.807) is 0 Å². The maximum atomic E-state index is 13.3. The number of amides is 4. The molecule has 14 heteroatoms. The molecule has 2 saturated carbocycles. The van der Waals surface area contributed by atoms with Crippen molar-refractivity contribution in [3.63, 3.8) is 0 Å². The fraction of sp³-hybridized carbons (Fsp3) is 0.793. The maximum Gasteiger partial charge on any atom is 0.407 e. The fourth-order valence-electron chi connectivity index (χ4n) is 6.21. The molecule has 4 amide bonds. The van der Waals surface area contributed by atoms with Gasteiger partial charge < -0.3 is 30.7 Å². The average Bonchev–Trinajstić information content (AvgIpc) is 3.90. The molecule has 2 heterocycles. The summed E-state index contributed by atoms with van der Waals surface area (Å²) in [5.41, 5.74) is -1.42. The van der Waals surface area contributed by atoms with Crippen molar-refractivity contribution >= 4 is 33.8 Å². The first-order valence-corrected chi connectivity index (χ1v) is 17.1. The summed E-state index contributed by atoms with van der Waals surface area (Å²) in [7, 11) is -3.80. The molecule has 43 heavy (non-hydrogen) atoms. The fourth-order valence-corrected chi connectivity index (χ4v) is 7.57. The standard InChI is InChI=1S/C29H47N5O8S/c1-3-20-15-29(20,27(38)33-43(40,41)23-11-12-23)32-26(37)24-14-19(2)17-34(24)25(36)16-30-28(39)42-13-6-4-5-8-21-9-7-10-22(18-35)31-21/h3,19-24,31,35H,1,4-18H2,2H3,(H,30,39)(H,32,37)(H,33,38)/t19-,20-,21?,22?,24+,29-/m1/s1. The molecule has 0 aromatic rings. The lowest BCUT2D eigenvalue weighted by atomic mass is 9.95. The lowest BCUT2D eigenvalue weighted by molar-refractivity contribution is -0.139. The Morgan fingerprint density at radius 2 is 1.86 bits per heavy atom. The average molecular weight is 626 g/mol. The van der Waals surface area contributed by atoms with Crippen LogP contribution in [-0.2, 0) is 29.1 Å². The Bertz CT molecular complexity index is 1160. The highest BCUT2D eigenvalue weighted by Gasteiger charge is 2.61. The Balaban J connectivity index is 1.18. The minimum Gasteiger partial charge on any atom is -0.450 e. The van der Waals surface area contributed by atoms with Gasteiger partial charge in [0.15, 0.2) is 0 Å². The van der Waals surface area contributed by atoms with Gasteiger partial charge in [-0.15, -0.1) is 6.58 Å². The predicted molar refractivity (Wildman–Crippen MR) is 158 cm³/mol. The summed E-state index contributed by atoms with van der Waals surface area (Å²) in [5.74, 6) is -2.19. The monoisotopic (exact) mass is 625 g/mol. The number of piperidine rings is 1. The van der Waals surface area contributed by atoms with E-state index in [1.165, 1.54) is 11.0 Å². The first-order chi connectivity index (χ1) is 20.5. The molecule has 0 spiro atoms. The zero-order chi connectivity index (χ0) is 31.2. The quantitative estimate of drug-likeness (QED) is 0.129. The largest absolute Gasteiger partial charge is 0.450 e. The van der Waals surface area contributed by atoms with Crippen LogP contribution in [0, 0.1) is 11.8 Å². The number of unbranched alkanes of at least 4 members (excludes halogenated alkanes) is 2. The molecular weight excluding hydrogens is 578 g/mol. The molecule has 0 aromatic heterocycles. The van der Waals surface area contributed by atoms with Crippen LogP contribution in [0.4, 0.5) is 4.79 Å². The molecule has 6 atom stereocenters. The van der Waals surface area contributed by atoms with Gasteiger partial charge in [0.25, 0.3) is 5.91 Å². The highest BCUT2D eigenvalue weighted by atomic mass is 32.2. The number of carbonyl (C=O) groups is 4. The van der Waals surface area contributed by atoms with Gasteiger partial charge >= 0.3 is 6.09 Å². The number of hydrogen-bond acceptors (Lipinski definition) is 9. The van der Waals surface area contributed by atoms with Gasteiger partial charge in [0.1, 0.15) is 18.1 Å². The van der Waals surface area contributed by atoms with Crippen LogP contribution >= 0.6 is 0 Å². The second kappa shape index (κ2) is 14.4. The van der Waals surface area contributed by atoms with Crippen LogP contribution in [0.15, 0.2) is 12.7 Å². The molecule has 2 unspecified atom stereocenters. The van der Waals surface area contributed by atoms with Crippen LogP contribution in [0.25, 0.3) is 0 Å². The normalized spacial score (nSPS) is 30.3. The van der Waals surface area contributed by atoms with E-state index in [9.17, 15) is 32.7 Å². The van der Waals surface area contributed by atoms with Crippen molar-refractivity contribution in [2.75, 3.05) is 26.3 Å². The van der Waals surface area contributed by atoms with Crippen molar-refractivity contribution in [3.8, 4) is 0 Å². The van der Waals surface area contributed by atoms with E-state index >= 15 is 0 Å². The number of carbonyl (C=O) groups excluding carboxylic acids is 4. The second-order valence-electron chi connectivity index (χ2n) is 12.6. The third-order valence-electron chi connectivity index (χ3n) is 8.99. The highest BCUT2D eigenvalue weighted by molar-refractivity contribution is 7.91. The third kappa shape index (κ3) is 8.69. The number of aliphatic hydroxyl groups is 1. The summed E-state index contributed by atoms with van der Waals surface area (Å²) in [6, 6.07) is -0.257. The zero-order valence-electron chi connectivity index (χ0n) is 25.0. The minimum absolute atomic E-state index is 0.0133. The van der Waals surface area contributed by atoms with Gasteiger partial charge in [-0.3, -0.25) is 19.1 Å². The van der Waals surface area contributed by atoms with Crippen molar-refractivity contribution < 1.29 is 37.4 Å². The molecule has 5 N–H and O–H groups in total. The molecule has 242 valence electrons. The number of aliphatic hydroxyl groups excluding tert-OH is 1. The molecule has 0 radical (unpaired) electrons. The first kappa shape index (κ1) is 33.2. The first-order valence-electron chi connectivity index (χ1n) is 15.6. The summed E-state index contributed by atoms with van der Waals surface area (Å²) in [5, 5.41) is 17.4. The molecule has 0 bridgehead atoms. The topological polar surface area (TPSA) is 183 Å². The van der Waals surface area contributed by atoms with Crippen LogP contribution in [0.5, 0.6) is 0 Å². The summed E-state index contributed by atoms with van der Waals surface area (Å²) in [6.07, 6.45) is 9.23. The number of likely N-dealkylation sites (tertiary alicyclic amines) is 1. The Morgan fingerprint density at radius 3 is 2.53 bits per heavy atom. The van der Waals surface area contributed by atoms with Crippen molar-refractivity contribution in [1.29, 1.82) is 0 Å². The molecule has 4 fully saturated rings. The van der Waals surface area contributed by atoms with Crippen LogP contribution in [0.1, 0.15) is 77.6 Å². The minimum atomic E-state index is -3.80. The molecular formula is C29H47N5O8S. The summed E-state index contributed by atoms with van der Waals surface area (Å²) < 4.78 is 32.0. The van der Waals surface area contributed by atoms with Gasteiger partial charge in [-0.05, 0) is 57.3 Å². The van der Waals surface area contributed by atoms with Gasteiger partial charge in [0.05, 0.1) is 18.5 Å². The number of sulfonamides is 1. The van der Waals surface area contributed by atoms with Crippen LogP contribution in [0.2, 0.25) is 0 Å². The number of rotatable bonds is 15. The number of hydrogen-bond donors (Lipinski definition) is 5. The highest BCUT2D eigenvalue weighted by Crippen LogP contribution is 2.45. The van der Waals surface area contributed by atoms with Crippen molar-refractivity contribution in [2.45, 2.75) is 106 Å². The lowest BCUT2D eigenvalue weighted by Gasteiger charge is -2.30. The van der Waals surface area contributed by atoms with Crippen molar-refractivity contribution in [2.24, 2.45) is 11.8 Å². The predicted octanol–water partition coefficient (Wildman–Crippen LogP) is 0.682.